The number of hydrogen-bond acceptors (Lipinski definition) is 2. The van der Waals surface area contributed by atoms with Crippen LogP contribution in [0.3, 0.4) is 0 Å². The standard InChI is InChI=1S/C13H27NO.C5H5N/c1-2-3-4-5-6-7-8-9-10-11-12-14-13-15;1-2-4-6-5-3-1/h13H,2-12H2,1H3,(H,14,15);1-5H. The van der Waals surface area contributed by atoms with Gasteiger partial charge < -0.3 is 5.32 Å². The van der Waals surface area contributed by atoms with Gasteiger partial charge in [-0.2, -0.15) is 0 Å². The number of nitrogens with one attached hydrogen (secondary N) is 1. The first kappa shape index (κ1) is 19.6. The first-order chi connectivity index (χ1) is 10.4. The maximum atomic E-state index is 9.95. The number of carbonyl (C=O) groups is 1. The van der Waals surface area contributed by atoms with Crippen LogP contribution in [-0.2, 0) is 4.79 Å². The number of carbonyl (C=O) groups excluding carboxylic acids is 1. The number of pyridine rings is 1. The van der Waals surface area contributed by atoms with E-state index in [-0.39, 0.29) is 0 Å². The molecule has 0 aliphatic heterocycles. The van der Waals surface area contributed by atoms with E-state index >= 15 is 0 Å². The van der Waals surface area contributed by atoms with Crippen LogP contribution >= 0.6 is 0 Å². The van der Waals surface area contributed by atoms with Crippen molar-refractivity contribution < 1.29 is 4.79 Å². The second-order valence-corrected chi connectivity index (χ2v) is 5.28. The van der Waals surface area contributed by atoms with Gasteiger partial charge in [0, 0.05) is 18.9 Å². The first-order valence-electron chi connectivity index (χ1n) is 8.43. The summed E-state index contributed by atoms with van der Waals surface area (Å²) in [5, 5.41) is 2.69. The van der Waals surface area contributed by atoms with Gasteiger partial charge in [0.1, 0.15) is 0 Å². The van der Waals surface area contributed by atoms with Crippen molar-refractivity contribution in [3.05, 3.63) is 30.6 Å². The third-order valence-electron chi connectivity index (χ3n) is 3.32. The van der Waals surface area contributed by atoms with Crippen molar-refractivity contribution in [2.24, 2.45) is 0 Å². The summed E-state index contributed by atoms with van der Waals surface area (Å²) in [5.41, 5.74) is 0. The maximum absolute atomic E-state index is 9.95. The van der Waals surface area contributed by atoms with Gasteiger partial charge in [0.05, 0.1) is 0 Å². The van der Waals surface area contributed by atoms with Crippen molar-refractivity contribution in [1.82, 2.24) is 10.3 Å². The molecule has 0 aliphatic rings. The van der Waals surface area contributed by atoms with Crippen LogP contribution in [0, 0.1) is 0 Å². The van der Waals surface area contributed by atoms with Crippen molar-refractivity contribution in [1.29, 1.82) is 0 Å². The monoisotopic (exact) mass is 292 g/mol. The zero-order valence-electron chi connectivity index (χ0n) is 13.6. The highest BCUT2D eigenvalue weighted by Crippen LogP contribution is 2.09. The lowest BCUT2D eigenvalue weighted by molar-refractivity contribution is -0.109. The van der Waals surface area contributed by atoms with Crippen molar-refractivity contribution >= 4 is 6.41 Å². The highest BCUT2D eigenvalue weighted by Gasteiger charge is 1.91. The zero-order valence-corrected chi connectivity index (χ0v) is 13.6. The van der Waals surface area contributed by atoms with E-state index in [9.17, 15) is 4.79 Å². The van der Waals surface area contributed by atoms with Crippen molar-refractivity contribution in [2.75, 3.05) is 6.54 Å². The van der Waals surface area contributed by atoms with Crippen LogP contribution in [0.4, 0.5) is 0 Å². The summed E-state index contributed by atoms with van der Waals surface area (Å²) in [6.07, 6.45) is 17.7. The number of unbranched alkanes of at least 4 members (excludes halogenated alkanes) is 9. The van der Waals surface area contributed by atoms with Crippen LogP contribution in [-0.4, -0.2) is 17.9 Å². The first-order valence-corrected chi connectivity index (χ1v) is 8.43. The molecule has 1 rings (SSSR count). The predicted molar refractivity (Wildman–Crippen MR) is 90.1 cm³/mol. The topological polar surface area (TPSA) is 42.0 Å². The van der Waals surface area contributed by atoms with E-state index in [2.05, 4.69) is 17.2 Å². The van der Waals surface area contributed by atoms with Gasteiger partial charge in [-0.3, -0.25) is 9.78 Å². The third-order valence-corrected chi connectivity index (χ3v) is 3.32. The lowest BCUT2D eigenvalue weighted by Crippen LogP contribution is -2.11. The molecule has 0 fully saturated rings. The van der Waals surface area contributed by atoms with E-state index in [1.165, 1.54) is 57.8 Å². The van der Waals surface area contributed by atoms with Gasteiger partial charge in [-0.25, -0.2) is 0 Å². The molecule has 1 aromatic heterocycles. The molecule has 1 amide bonds. The fourth-order valence-corrected chi connectivity index (χ4v) is 2.09. The van der Waals surface area contributed by atoms with E-state index in [4.69, 9.17) is 0 Å². The molecule has 1 aromatic rings. The molecule has 0 saturated heterocycles. The second-order valence-electron chi connectivity index (χ2n) is 5.28. The highest BCUT2D eigenvalue weighted by atomic mass is 16.1. The van der Waals surface area contributed by atoms with E-state index in [0.29, 0.717) is 0 Å². The van der Waals surface area contributed by atoms with Gasteiger partial charge in [0.2, 0.25) is 6.41 Å². The van der Waals surface area contributed by atoms with Crippen LogP contribution in [0.15, 0.2) is 30.6 Å². The molecule has 0 unspecified atom stereocenters. The number of rotatable bonds is 12. The van der Waals surface area contributed by atoms with Crippen molar-refractivity contribution in [2.45, 2.75) is 71.1 Å². The summed E-state index contributed by atoms with van der Waals surface area (Å²) in [6, 6.07) is 5.72. The SMILES string of the molecule is CCCCCCCCCCCCNC=O.c1ccncc1. The molecule has 3 heteroatoms. The largest absolute Gasteiger partial charge is 0.359 e. The van der Waals surface area contributed by atoms with E-state index < -0.39 is 0 Å². The molecule has 0 spiro atoms. The van der Waals surface area contributed by atoms with Crippen LogP contribution in [0.2, 0.25) is 0 Å². The van der Waals surface area contributed by atoms with E-state index in [1.807, 2.05) is 18.2 Å². The minimum Gasteiger partial charge on any atom is -0.359 e. The molecule has 1 N–H and O–H groups in total. The molecule has 21 heavy (non-hydrogen) atoms. The Bertz CT molecular complexity index is 264. The van der Waals surface area contributed by atoms with E-state index in [1.54, 1.807) is 12.4 Å². The van der Waals surface area contributed by atoms with Crippen LogP contribution in [0.5, 0.6) is 0 Å². The van der Waals surface area contributed by atoms with Gasteiger partial charge in [-0.05, 0) is 18.6 Å². The molecule has 120 valence electrons. The van der Waals surface area contributed by atoms with Crippen LogP contribution < -0.4 is 5.32 Å². The lowest BCUT2D eigenvalue weighted by Gasteiger charge is -2.01. The Morgan fingerprint density at radius 2 is 1.33 bits per heavy atom. The third kappa shape index (κ3) is 18.6. The lowest BCUT2D eigenvalue weighted by atomic mass is 10.1. The Balaban J connectivity index is 0.000000547. The van der Waals surface area contributed by atoms with Crippen LogP contribution in [0.1, 0.15) is 71.1 Å². The highest BCUT2D eigenvalue weighted by molar-refractivity contribution is 5.45. The normalized spacial score (nSPS) is 9.57. The fraction of sp³-hybridized carbons (Fsp3) is 0.667. The van der Waals surface area contributed by atoms with Gasteiger partial charge in [0.15, 0.2) is 0 Å². The number of aromatic nitrogens is 1. The van der Waals surface area contributed by atoms with Crippen LogP contribution in [0.25, 0.3) is 0 Å². The molecule has 0 saturated carbocycles. The zero-order chi connectivity index (χ0) is 15.4. The van der Waals surface area contributed by atoms with Crippen molar-refractivity contribution in [3.63, 3.8) is 0 Å². The molecule has 3 nitrogen and oxygen atoms in total. The van der Waals surface area contributed by atoms with Gasteiger partial charge in [-0.1, -0.05) is 70.8 Å². The van der Waals surface area contributed by atoms with Gasteiger partial charge in [0.25, 0.3) is 0 Å². The van der Waals surface area contributed by atoms with Gasteiger partial charge in [-0.15, -0.1) is 0 Å². The summed E-state index contributed by atoms with van der Waals surface area (Å²) in [6.45, 7) is 3.10. The summed E-state index contributed by atoms with van der Waals surface area (Å²) in [7, 11) is 0. The molecular formula is C18H32N2O. The average molecular weight is 292 g/mol. The molecule has 0 aromatic carbocycles. The van der Waals surface area contributed by atoms with E-state index in [0.717, 1.165) is 19.4 Å². The number of nitrogens with zero attached hydrogens (tertiary/aromatic N) is 1. The Labute approximate surface area is 130 Å². The molecule has 0 aliphatic carbocycles. The maximum Gasteiger partial charge on any atom is 0.207 e. The second kappa shape index (κ2) is 18.6. The quantitative estimate of drug-likeness (QED) is 0.447. The molecule has 0 bridgehead atoms. The van der Waals surface area contributed by atoms with Gasteiger partial charge >= 0.3 is 0 Å². The minimum atomic E-state index is 0.785. The smallest absolute Gasteiger partial charge is 0.207 e. The van der Waals surface area contributed by atoms with Crippen molar-refractivity contribution in [3.8, 4) is 0 Å². The summed E-state index contributed by atoms with van der Waals surface area (Å²) in [5.74, 6) is 0. The Morgan fingerprint density at radius 3 is 1.71 bits per heavy atom. The Morgan fingerprint density at radius 1 is 0.810 bits per heavy atom. The molecule has 1 heterocycles. The summed E-state index contributed by atoms with van der Waals surface area (Å²) >= 11 is 0. The number of amides is 1. The minimum absolute atomic E-state index is 0.785. The Hall–Kier alpha value is -1.38. The molecule has 0 radical (unpaired) electrons. The average Bonchev–Trinajstić information content (AvgIpc) is 2.55. The predicted octanol–water partition coefficient (Wildman–Crippen LogP) is 4.73. The molecular weight excluding hydrogens is 260 g/mol. The summed E-state index contributed by atoms with van der Waals surface area (Å²) in [4.78, 5) is 13.7. The number of hydrogen-bond donors (Lipinski definition) is 1. The Kier molecular flexibility index (Phi) is 17.4. The fourth-order valence-electron chi connectivity index (χ4n) is 2.09. The summed E-state index contributed by atoms with van der Waals surface area (Å²) < 4.78 is 0. The molecule has 0 atom stereocenters.